The Bertz CT molecular complexity index is 1020. The van der Waals surface area contributed by atoms with Gasteiger partial charge >= 0.3 is 11.9 Å². The predicted octanol–water partition coefficient (Wildman–Crippen LogP) is 2.50. The van der Waals surface area contributed by atoms with Gasteiger partial charge in [0.2, 0.25) is 0 Å². The van der Waals surface area contributed by atoms with Crippen molar-refractivity contribution in [2.75, 3.05) is 20.8 Å². The summed E-state index contributed by atoms with van der Waals surface area (Å²) in [5.41, 5.74) is 1.81. The monoisotopic (exact) mass is 488 g/mol. The van der Waals surface area contributed by atoms with Crippen LogP contribution < -0.4 is 0 Å². The molecule has 0 spiro atoms. The summed E-state index contributed by atoms with van der Waals surface area (Å²) >= 11 is 0. The van der Waals surface area contributed by atoms with Crippen LogP contribution in [0.15, 0.2) is 70.5 Å². The third-order valence-corrected chi connectivity index (χ3v) is 6.97. The molecule has 1 heterocycles. The molecule has 0 radical (unpaired) electrons. The van der Waals surface area contributed by atoms with Crippen molar-refractivity contribution in [1.82, 2.24) is 0 Å². The van der Waals surface area contributed by atoms with E-state index in [2.05, 4.69) is 0 Å². The average Bonchev–Trinajstić information content (AvgIpc) is 2.88. The molecular weight excluding hydrogens is 460 g/mol. The minimum atomic E-state index is -1.78. The highest BCUT2D eigenvalue weighted by atomic mass is 32.2. The van der Waals surface area contributed by atoms with Gasteiger partial charge in [-0.2, -0.15) is 0 Å². The predicted molar refractivity (Wildman–Crippen MR) is 124 cm³/mol. The van der Waals surface area contributed by atoms with E-state index in [9.17, 15) is 18.9 Å². The Hall–Kier alpha value is -2.85. The number of carbonyl (C=O) groups excluding carboxylic acids is 2. The van der Waals surface area contributed by atoms with Crippen LogP contribution in [0.2, 0.25) is 0 Å². The second-order valence-electron chi connectivity index (χ2n) is 7.72. The standard InChI is InChI=1S/C25H28O8S/c1-16-9-11-19(12-10-16)34(29)20-13-18(14-26)33-25(32-15-17-7-5-4-6-8-17)21(20)22(23(27)30-2)24(28)31-3/h4-13,18,21-22,25-26H,14-15H2,1-3H3/t18-,21+,25-,34?/m0/s1. The van der Waals surface area contributed by atoms with Gasteiger partial charge in [-0.3, -0.25) is 9.59 Å². The molecule has 1 N–H and O–H groups in total. The first-order chi connectivity index (χ1) is 16.4. The van der Waals surface area contributed by atoms with Crippen molar-refractivity contribution in [2.24, 2.45) is 11.8 Å². The van der Waals surface area contributed by atoms with Gasteiger partial charge in [-0.25, -0.2) is 4.21 Å². The maximum absolute atomic E-state index is 13.7. The Labute approximate surface area is 200 Å². The molecule has 9 heteroatoms. The number of ether oxygens (including phenoxy) is 4. The zero-order valence-electron chi connectivity index (χ0n) is 19.2. The molecule has 0 aliphatic carbocycles. The number of methoxy groups -OCH3 is 2. The summed E-state index contributed by atoms with van der Waals surface area (Å²) in [5.74, 6) is -4.35. The fourth-order valence-electron chi connectivity index (χ4n) is 3.66. The van der Waals surface area contributed by atoms with Crippen molar-refractivity contribution < 1.29 is 37.9 Å². The molecular formula is C25H28O8S. The zero-order chi connectivity index (χ0) is 24.7. The molecule has 3 rings (SSSR count). The first-order valence-electron chi connectivity index (χ1n) is 10.7. The summed E-state index contributed by atoms with van der Waals surface area (Å²) in [7, 11) is 0.520. The maximum atomic E-state index is 13.7. The number of aliphatic hydroxyl groups is 1. The first kappa shape index (κ1) is 25.8. The van der Waals surface area contributed by atoms with Gasteiger partial charge in [-0.15, -0.1) is 0 Å². The topological polar surface area (TPSA) is 108 Å². The molecule has 0 bridgehead atoms. The van der Waals surface area contributed by atoms with Crippen molar-refractivity contribution in [3.05, 3.63) is 76.7 Å². The Morgan fingerprint density at radius 1 is 1.03 bits per heavy atom. The van der Waals surface area contributed by atoms with Gasteiger partial charge in [0.25, 0.3) is 0 Å². The lowest BCUT2D eigenvalue weighted by Crippen LogP contribution is -2.47. The number of aliphatic hydroxyl groups excluding tert-OH is 1. The highest BCUT2D eigenvalue weighted by molar-refractivity contribution is 7.89. The SMILES string of the molecule is COC(=O)C(C(=O)OC)[C@H]1C(S(=O)c2ccc(C)cc2)=C[C@@H](CO)O[C@@H]1OCc1ccccc1. The second kappa shape index (κ2) is 12.0. The summed E-state index contributed by atoms with van der Waals surface area (Å²) in [6.45, 7) is 1.59. The highest BCUT2D eigenvalue weighted by Gasteiger charge is 2.49. The van der Waals surface area contributed by atoms with Crippen LogP contribution in [-0.2, 0) is 45.9 Å². The molecule has 0 fully saturated rings. The van der Waals surface area contributed by atoms with Crippen molar-refractivity contribution in [1.29, 1.82) is 0 Å². The van der Waals surface area contributed by atoms with E-state index in [0.29, 0.717) is 4.90 Å². The van der Waals surface area contributed by atoms with Gasteiger partial charge in [0, 0.05) is 9.80 Å². The molecule has 34 heavy (non-hydrogen) atoms. The second-order valence-corrected chi connectivity index (χ2v) is 9.20. The van der Waals surface area contributed by atoms with Crippen LogP contribution in [0.3, 0.4) is 0 Å². The fourth-order valence-corrected chi connectivity index (χ4v) is 5.09. The minimum absolute atomic E-state index is 0.0969. The molecule has 0 amide bonds. The summed E-state index contributed by atoms with van der Waals surface area (Å²) in [4.78, 5) is 26.1. The number of benzene rings is 2. The van der Waals surface area contributed by atoms with Crippen LogP contribution in [0.5, 0.6) is 0 Å². The normalized spacial score (nSPS) is 21.0. The molecule has 182 valence electrons. The molecule has 2 aromatic carbocycles. The number of carbonyl (C=O) groups is 2. The Kier molecular flexibility index (Phi) is 9.12. The van der Waals surface area contributed by atoms with Gasteiger partial charge in [0.15, 0.2) is 12.2 Å². The molecule has 8 nitrogen and oxygen atoms in total. The lowest BCUT2D eigenvalue weighted by molar-refractivity contribution is -0.213. The fraction of sp³-hybridized carbons (Fsp3) is 0.360. The third-order valence-electron chi connectivity index (χ3n) is 5.44. The number of hydrogen-bond acceptors (Lipinski definition) is 8. The van der Waals surface area contributed by atoms with E-state index >= 15 is 0 Å². The smallest absolute Gasteiger partial charge is 0.320 e. The molecule has 4 atom stereocenters. The Balaban J connectivity index is 2.06. The zero-order valence-corrected chi connectivity index (χ0v) is 20.0. The summed E-state index contributed by atoms with van der Waals surface area (Å²) in [6, 6.07) is 16.3. The van der Waals surface area contributed by atoms with E-state index in [1.54, 1.807) is 12.1 Å². The van der Waals surface area contributed by atoms with Crippen molar-refractivity contribution >= 4 is 22.7 Å². The van der Waals surface area contributed by atoms with Crippen LogP contribution in [0, 0.1) is 18.8 Å². The Morgan fingerprint density at radius 2 is 1.65 bits per heavy atom. The highest BCUT2D eigenvalue weighted by Crippen LogP contribution is 2.38. The molecule has 1 aliphatic rings. The van der Waals surface area contributed by atoms with Crippen LogP contribution in [0.1, 0.15) is 11.1 Å². The third kappa shape index (κ3) is 5.98. The molecule has 0 saturated heterocycles. The average molecular weight is 489 g/mol. The summed E-state index contributed by atoms with van der Waals surface area (Å²) in [6.07, 6.45) is -0.561. The molecule has 0 saturated carbocycles. The van der Waals surface area contributed by atoms with Gasteiger partial charge in [-0.1, -0.05) is 48.0 Å². The van der Waals surface area contributed by atoms with Crippen LogP contribution >= 0.6 is 0 Å². The lowest BCUT2D eigenvalue weighted by atomic mass is 9.88. The van der Waals surface area contributed by atoms with Crippen molar-refractivity contribution in [2.45, 2.75) is 30.8 Å². The van der Waals surface area contributed by atoms with Crippen molar-refractivity contribution in [3.63, 3.8) is 0 Å². The summed E-state index contributed by atoms with van der Waals surface area (Å²) < 4.78 is 35.3. The number of rotatable bonds is 9. The maximum Gasteiger partial charge on any atom is 0.320 e. The molecule has 0 aromatic heterocycles. The lowest BCUT2D eigenvalue weighted by Gasteiger charge is -2.37. The number of hydrogen-bond donors (Lipinski definition) is 1. The van der Waals surface area contributed by atoms with E-state index in [1.807, 2.05) is 49.4 Å². The quantitative estimate of drug-likeness (QED) is 0.424. The van der Waals surface area contributed by atoms with Crippen LogP contribution in [0.4, 0.5) is 0 Å². The first-order valence-corrected chi connectivity index (χ1v) is 11.8. The number of aryl methyl sites for hydroxylation is 1. The van der Waals surface area contributed by atoms with Crippen LogP contribution in [-0.4, -0.2) is 54.5 Å². The van der Waals surface area contributed by atoms with Crippen molar-refractivity contribution in [3.8, 4) is 0 Å². The van der Waals surface area contributed by atoms with Gasteiger partial charge in [0.1, 0.15) is 6.10 Å². The van der Waals surface area contributed by atoms with E-state index in [0.717, 1.165) is 25.3 Å². The Morgan fingerprint density at radius 3 is 2.21 bits per heavy atom. The number of esters is 2. The van der Waals surface area contributed by atoms with E-state index in [1.165, 1.54) is 6.08 Å². The summed E-state index contributed by atoms with van der Waals surface area (Å²) in [5, 5.41) is 9.83. The largest absolute Gasteiger partial charge is 0.468 e. The minimum Gasteiger partial charge on any atom is -0.468 e. The van der Waals surface area contributed by atoms with Gasteiger partial charge in [0.05, 0.1) is 44.2 Å². The van der Waals surface area contributed by atoms with E-state index < -0.39 is 53.6 Å². The van der Waals surface area contributed by atoms with Crippen LogP contribution in [0.25, 0.3) is 0 Å². The van der Waals surface area contributed by atoms with E-state index in [4.69, 9.17) is 18.9 Å². The van der Waals surface area contributed by atoms with E-state index in [-0.39, 0.29) is 11.5 Å². The molecule has 1 aliphatic heterocycles. The molecule has 2 aromatic rings. The molecule has 1 unspecified atom stereocenters. The van der Waals surface area contributed by atoms with Gasteiger partial charge < -0.3 is 24.1 Å². The van der Waals surface area contributed by atoms with Gasteiger partial charge in [-0.05, 0) is 30.7 Å².